The Bertz CT molecular complexity index is 579. The Balaban J connectivity index is 2.15. The lowest BCUT2D eigenvalue weighted by Gasteiger charge is -2.35. The highest BCUT2D eigenvalue weighted by Crippen LogP contribution is 2.23. The first-order chi connectivity index (χ1) is 11.5. The predicted octanol–water partition coefficient (Wildman–Crippen LogP) is 0.544. The van der Waals surface area contributed by atoms with Gasteiger partial charge in [0.1, 0.15) is 5.75 Å². The van der Waals surface area contributed by atoms with Crippen LogP contribution in [-0.4, -0.2) is 41.9 Å². The lowest BCUT2D eigenvalue weighted by atomic mass is 10.1. The zero-order valence-electron chi connectivity index (χ0n) is 14.2. The van der Waals surface area contributed by atoms with Gasteiger partial charge in [-0.25, -0.2) is 5.84 Å². The molecule has 0 radical (unpaired) electrons. The van der Waals surface area contributed by atoms with Crippen LogP contribution in [0, 0.1) is 0 Å². The molecule has 1 saturated heterocycles. The molecule has 7 heteroatoms. The van der Waals surface area contributed by atoms with E-state index in [1.54, 1.807) is 0 Å². The van der Waals surface area contributed by atoms with E-state index < -0.39 is 6.04 Å². The summed E-state index contributed by atoms with van der Waals surface area (Å²) in [7, 11) is 0. The average molecular weight is 334 g/mol. The number of hydrogen-bond donors (Lipinski definition) is 3. The third-order valence-electron chi connectivity index (χ3n) is 4.23. The van der Waals surface area contributed by atoms with Crippen molar-refractivity contribution in [3.05, 3.63) is 29.8 Å². The highest BCUT2D eigenvalue weighted by atomic mass is 16.5. The molecular formula is C17H26N4O3. The van der Waals surface area contributed by atoms with Gasteiger partial charge < -0.3 is 10.1 Å². The van der Waals surface area contributed by atoms with Crippen molar-refractivity contribution in [2.75, 3.05) is 13.1 Å². The number of rotatable bonds is 7. The molecule has 2 amide bonds. The fourth-order valence-corrected chi connectivity index (χ4v) is 2.68. The van der Waals surface area contributed by atoms with E-state index in [1.165, 1.54) is 0 Å². The number of hydrazine groups is 1. The molecule has 2 atom stereocenters. The van der Waals surface area contributed by atoms with Gasteiger partial charge in [0.15, 0.2) is 0 Å². The van der Waals surface area contributed by atoms with Gasteiger partial charge in [-0.1, -0.05) is 25.1 Å². The minimum Gasteiger partial charge on any atom is -0.490 e. The van der Waals surface area contributed by atoms with Gasteiger partial charge in [0.25, 0.3) is 0 Å². The third kappa shape index (κ3) is 4.69. The number of carbonyl (C=O) groups excluding carboxylic acids is 2. The average Bonchev–Trinajstić information content (AvgIpc) is 2.59. The standard InChI is InChI=1S/C17H26N4O3/c1-3-12(2)24-15-7-5-4-6-13(15)11-21-9-8-19-17(23)14(21)10-16(22)20-18/h4-7,12,14H,3,8-11,18H2,1-2H3,(H,19,23)(H,20,22). The van der Waals surface area contributed by atoms with Crippen LogP contribution in [0.25, 0.3) is 0 Å². The van der Waals surface area contributed by atoms with Gasteiger partial charge in [0, 0.05) is 25.2 Å². The quantitative estimate of drug-likeness (QED) is 0.384. The van der Waals surface area contributed by atoms with Crippen molar-refractivity contribution in [1.82, 2.24) is 15.6 Å². The van der Waals surface area contributed by atoms with Gasteiger partial charge in [-0.3, -0.25) is 19.9 Å². The molecular weight excluding hydrogens is 308 g/mol. The monoisotopic (exact) mass is 334 g/mol. The summed E-state index contributed by atoms with van der Waals surface area (Å²) >= 11 is 0. The summed E-state index contributed by atoms with van der Waals surface area (Å²) in [6, 6.07) is 7.28. The third-order valence-corrected chi connectivity index (χ3v) is 4.23. The van der Waals surface area contributed by atoms with Crippen LogP contribution in [0.3, 0.4) is 0 Å². The van der Waals surface area contributed by atoms with Gasteiger partial charge in [-0.05, 0) is 19.4 Å². The SMILES string of the molecule is CCC(C)Oc1ccccc1CN1CCNC(=O)C1CC(=O)NN. The molecule has 2 rings (SSSR count). The molecule has 1 aliphatic heterocycles. The minimum atomic E-state index is -0.529. The lowest BCUT2D eigenvalue weighted by Crippen LogP contribution is -2.56. The minimum absolute atomic E-state index is 0.0384. The van der Waals surface area contributed by atoms with Crippen LogP contribution in [0.4, 0.5) is 0 Å². The summed E-state index contributed by atoms with van der Waals surface area (Å²) in [5, 5.41) is 2.80. The topological polar surface area (TPSA) is 96.7 Å². The Hall–Kier alpha value is -2.12. The van der Waals surface area contributed by atoms with E-state index in [0.717, 1.165) is 17.7 Å². The highest BCUT2D eigenvalue weighted by Gasteiger charge is 2.31. The van der Waals surface area contributed by atoms with Gasteiger partial charge in [0.2, 0.25) is 11.8 Å². The van der Waals surface area contributed by atoms with Crippen LogP contribution >= 0.6 is 0 Å². The number of piperazine rings is 1. The molecule has 0 spiro atoms. The van der Waals surface area contributed by atoms with E-state index >= 15 is 0 Å². The van der Waals surface area contributed by atoms with Crippen LogP contribution in [0.15, 0.2) is 24.3 Å². The van der Waals surface area contributed by atoms with Crippen molar-refractivity contribution < 1.29 is 14.3 Å². The van der Waals surface area contributed by atoms with Crippen molar-refractivity contribution >= 4 is 11.8 Å². The van der Waals surface area contributed by atoms with E-state index in [1.807, 2.05) is 36.1 Å². The molecule has 24 heavy (non-hydrogen) atoms. The van der Waals surface area contributed by atoms with Gasteiger partial charge in [-0.2, -0.15) is 0 Å². The molecule has 2 unspecified atom stereocenters. The number of carbonyl (C=O) groups is 2. The fraction of sp³-hybridized carbons (Fsp3) is 0.529. The molecule has 4 N–H and O–H groups in total. The van der Waals surface area contributed by atoms with Crippen molar-refractivity contribution in [2.24, 2.45) is 5.84 Å². The first-order valence-corrected chi connectivity index (χ1v) is 8.31. The summed E-state index contributed by atoms with van der Waals surface area (Å²) in [4.78, 5) is 25.8. The first kappa shape index (κ1) is 18.2. The maximum absolute atomic E-state index is 12.2. The smallest absolute Gasteiger partial charge is 0.237 e. The molecule has 1 heterocycles. The number of nitrogens with two attached hydrogens (primary N) is 1. The largest absolute Gasteiger partial charge is 0.490 e. The molecule has 1 aromatic carbocycles. The molecule has 1 aromatic rings. The second-order valence-electron chi connectivity index (χ2n) is 5.99. The Morgan fingerprint density at radius 1 is 1.50 bits per heavy atom. The molecule has 0 bridgehead atoms. The second-order valence-corrected chi connectivity index (χ2v) is 5.99. The van der Waals surface area contributed by atoms with Gasteiger partial charge in [0.05, 0.1) is 18.6 Å². The lowest BCUT2D eigenvalue weighted by molar-refractivity contribution is -0.134. The summed E-state index contributed by atoms with van der Waals surface area (Å²) in [6.45, 7) is 5.88. The normalized spacial score (nSPS) is 19.5. The Kier molecular flexibility index (Phi) is 6.57. The second kappa shape index (κ2) is 8.65. The summed E-state index contributed by atoms with van der Waals surface area (Å²) in [5.74, 6) is 5.47. The Morgan fingerprint density at radius 2 is 2.25 bits per heavy atom. The maximum Gasteiger partial charge on any atom is 0.237 e. The number of para-hydroxylation sites is 1. The molecule has 1 aliphatic rings. The molecule has 0 aromatic heterocycles. The van der Waals surface area contributed by atoms with Crippen LogP contribution in [0.1, 0.15) is 32.3 Å². The number of nitrogens with zero attached hydrogens (tertiary/aromatic N) is 1. The fourth-order valence-electron chi connectivity index (χ4n) is 2.68. The van der Waals surface area contributed by atoms with Crippen LogP contribution in [-0.2, 0) is 16.1 Å². The van der Waals surface area contributed by atoms with Gasteiger partial charge in [-0.15, -0.1) is 0 Å². The zero-order valence-corrected chi connectivity index (χ0v) is 14.2. The highest BCUT2D eigenvalue weighted by molar-refractivity contribution is 5.88. The van der Waals surface area contributed by atoms with E-state index in [0.29, 0.717) is 19.6 Å². The maximum atomic E-state index is 12.2. The zero-order chi connectivity index (χ0) is 17.5. The Labute approximate surface area is 142 Å². The van der Waals surface area contributed by atoms with Crippen molar-refractivity contribution in [2.45, 2.75) is 45.4 Å². The number of ether oxygens (including phenoxy) is 1. The van der Waals surface area contributed by atoms with E-state index in [-0.39, 0.29) is 24.3 Å². The van der Waals surface area contributed by atoms with Crippen LogP contribution in [0.5, 0.6) is 5.75 Å². The van der Waals surface area contributed by atoms with E-state index in [4.69, 9.17) is 10.6 Å². The van der Waals surface area contributed by atoms with Crippen molar-refractivity contribution in [3.63, 3.8) is 0 Å². The van der Waals surface area contributed by atoms with Crippen LogP contribution < -0.4 is 21.3 Å². The molecule has 7 nitrogen and oxygen atoms in total. The van der Waals surface area contributed by atoms with Gasteiger partial charge >= 0.3 is 0 Å². The Morgan fingerprint density at radius 3 is 2.96 bits per heavy atom. The summed E-state index contributed by atoms with van der Waals surface area (Å²) in [6.07, 6.45) is 1.07. The summed E-state index contributed by atoms with van der Waals surface area (Å²) in [5.41, 5.74) is 3.10. The molecule has 132 valence electrons. The number of amides is 2. The van der Waals surface area contributed by atoms with Crippen LogP contribution in [0.2, 0.25) is 0 Å². The summed E-state index contributed by atoms with van der Waals surface area (Å²) < 4.78 is 5.97. The number of benzene rings is 1. The molecule has 0 aliphatic carbocycles. The van der Waals surface area contributed by atoms with Crippen molar-refractivity contribution in [1.29, 1.82) is 0 Å². The number of hydrogen-bond acceptors (Lipinski definition) is 5. The molecule has 0 saturated carbocycles. The number of nitrogens with one attached hydrogen (secondary N) is 2. The first-order valence-electron chi connectivity index (χ1n) is 8.31. The van der Waals surface area contributed by atoms with E-state index in [9.17, 15) is 9.59 Å². The van der Waals surface area contributed by atoms with E-state index in [2.05, 4.69) is 17.7 Å². The van der Waals surface area contributed by atoms with Crippen molar-refractivity contribution in [3.8, 4) is 5.75 Å². The predicted molar refractivity (Wildman–Crippen MR) is 91.0 cm³/mol. The molecule has 1 fully saturated rings.